The molecule has 3 rings (SSSR count). The van der Waals surface area contributed by atoms with Crippen LogP contribution in [0.1, 0.15) is 29.0 Å². The third-order valence-electron chi connectivity index (χ3n) is 4.05. The fourth-order valence-electron chi connectivity index (χ4n) is 2.83. The van der Waals surface area contributed by atoms with Crippen molar-refractivity contribution in [1.29, 1.82) is 0 Å². The van der Waals surface area contributed by atoms with Crippen molar-refractivity contribution in [2.75, 3.05) is 19.6 Å². The molecule has 1 aromatic heterocycles. The molecule has 2 aromatic rings. The zero-order chi connectivity index (χ0) is 16.2. The Morgan fingerprint density at radius 3 is 2.57 bits per heavy atom. The average molecular weight is 310 g/mol. The van der Waals surface area contributed by atoms with Crippen LogP contribution in [0.4, 0.5) is 0 Å². The quantitative estimate of drug-likeness (QED) is 0.843. The van der Waals surface area contributed by atoms with Gasteiger partial charge in [0.2, 0.25) is 5.91 Å². The highest BCUT2D eigenvalue weighted by Gasteiger charge is 2.33. The molecule has 1 aliphatic rings. The Hall–Kier alpha value is -2.76. The highest BCUT2D eigenvalue weighted by Crippen LogP contribution is 2.26. The lowest BCUT2D eigenvalue weighted by molar-refractivity contribution is -0.131. The first-order chi connectivity index (χ1) is 11.2. The van der Waals surface area contributed by atoms with Gasteiger partial charge < -0.3 is 9.80 Å². The molecule has 2 heterocycles. The SMILES string of the molecule is CC(=O)N1CCN(C(=O)c2cnccn2)[C@@H](c2ccccc2)C1. The second kappa shape index (κ2) is 6.56. The molecule has 0 N–H and O–H groups in total. The maximum atomic E-state index is 12.8. The minimum absolute atomic E-state index is 0.0255. The van der Waals surface area contributed by atoms with Crippen LogP contribution in [0.2, 0.25) is 0 Å². The molecule has 6 heteroatoms. The number of hydrogen-bond donors (Lipinski definition) is 0. The molecule has 118 valence electrons. The van der Waals surface area contributed by atoms with Crippen LogP contribution in [-0.4, -0.2) is 51.2 Å². The maximum Gasteiger partial charge on any atom is 0.274 e. The van der Waals surface area contributed by atoms with Crippen LogP contribution in [0.5, 0.6) is 0 Å². The number of hydrogen-bond acceptors (Lipinski definition) is 4. The molecule has 0 bridgehead atoms. The van der Waals surface area contributed by atoms with E-state index in [0.29, 0.717) is 25.3 Å². The van der Waals surface area contributed by atoms with E-state index in [1.54, 1.807) is 22.9 Å². The zero-order valence-corrected chi connectivity index (χ0v) is 12.9. The fraction of sp³-hybridized carbons (Fsp3) is 0.294. The molecule has 1 aliphatic heterocycles. The molecule has 0 radical (unpaired) electrons. The number of amides is 2. The van der Waals surface area contributed by atoms with Gasteiger partial charge in [-0.1, -0.05) is 30.3 Å². The first-order valence-electron chi connectivity index (χ1n) is 7.54. The Balaban J connectivity index is 1.91. The number of carbonyl (C=O) groups is 2. The maximum absolute atomic E-state index is 12.8. The van der Waals surface area contributed by atoms with Gasteiger partial charge in [-0.2, -0.15) is 0 Å². The highest BCUT2D eigenvalue weighted by molar-refractivity contribution is 5.92. The molecule has 0 aliphatic carbocycles. The molecule has 1 saturated heterocycles. The van der Waals surface area contributed by atoms with Crippen LogP contribution in [0, 0.1) is 0 Å². The van der Waals surface area contributed by atoms with Gasteiger partial charge in [0.15, 0.2) is 0 Å². The average Bonchev–Trinajstić information content (AvgIpc) is 2.62. The lowest BCUT2D eigenvalue weighted by Crippen LogP contribution is -2.52. The van der Waals surface area contributed by atoms with Gasteiger partial charge in [-0.25, -0.2) is 4.98 Å². The summed E-state index contributed by atoms with van der Waals surface area (Å²) >= 11 is 0. The van der Waals surface area contributed by atoms with Gasteiger partial charge in [0, 0.05) is 39.0 Å². The molecule has 23 heavy (non-hydrogen) atoms. The smallest absolute Gasteiger partial charge is 0.274 e. The summed E-state index contributed by atoms with van der Waals surface area (Å²) in [5.74, 6) is -0.132. The van der Waals surface area contributed by atoms with E-state index in [2.05, 4.69) is 9.97 Å². The predicted octanol–water partition coefficient (Wildman–Crippen LogP) is 1.52. The Kier molecular flexibility index (Phi) is 4.32. The van der Waals surface area contributed by atoms with Crippen LogP contribution < -0.4 is 0 Å². The van der Waals surface area contributed by atoms with Crippen molar-refractivity contribution in [2.45, 2.75) is 13.0 Å². The van der Waals surface area contributed by atoms with Crippen molar-refractivity contribution < 1.29 is 9.59 Å². The van der Waals surface area contributed by atoms with E-state index in [1.807, 2.05) is 30.3 Å². The second-order valence-corrected chi connectivity index (χ2v) is 5.48. The van der Waals surface area contributed by atoms with Gasteiger partial charge >= 0.3 is 0 Å². The van der Waals surface area contributed by atoms with E-state index < -0.39 is 0 Å². The number of carbonyl (C=O) groups excluding carboxylic acids is 2. The Morgan fingerprint density at radius 2 is 1.91 bits per heavy atom. The Bertz CT molecular complexity index is 690. The molecule has 0 saturated carbocycles. The number of piperazine rings is 1. The van der Waals surface area contributed by atoms with Crippen molar-refractivity contribution in [3.8, 4) is 0 Å². The molecule has 2 amide bonds. The third kappa shape index (κ3) is 3.21. The summed E-state index contributed by atoms with van der Waals surface area (Å²) in [4.78, 5) is 36.1. The fourth-order valence-corrected chi connectivity index (χ4v) is 2.83. The number of rotatable bonds is 2. The number of benzene rings is 1. The summed E-state index contributed by atoms with van der Waals surface area (Å²) < 4.78 is 0. The van der Waals surface area contributed by atoms with Crippen molar-refractivity contribution in [3.05, 3.63) is 60.2 Å². The largest absolute Gasteiger partial charge is 0.339 e. The predicted molar refractivity (Wildman–Crippen MR) is 84.5 cm³/mol. The summed E-state index contributed by atoms with van der Waals surface area (Å²) in [5, 5.41) is 0. The monoisotopic (exact) mass is 310 g/mol. The second-order valence-electron chi connectivity index (χ2n) is 5.48. The van der Waals surface area contributed by atoms with Crippen LogP contribution in [-0.2, 0) is 4.79 Å². The standard InChI is InChI=1S/C17H18N4O2/c1-13(22)20-9-10-21(17(23)15-11-18-7-8-19-15)16(12-20)14-5-3-2-4-6-14/h2-8,11,16H,9-10,12H2,1H3/t16-/m1/s1. The van der Waals surface area contributed by atoms with Gasteiger partial charge in [0.25, 0.3) is 5.91 Å². The van der Waals surface area contributed by atoms with Crippen LogP contribution in [0.3, 0.4) is 0 Å². The molecular weight excluding hydrogens is 292 g/mol. The summed E-state index contributed by atoms with van der Waals surface area (Å²) in [5.41, 5.74) is 1.33. The molecule has 1 aromatic carbocycles. The van der Waals surface area contributed by atoms with Crippen LogP contribution >= 0.6 is 0 Å². The summed E-state index contributed by atoms with van der Waals surface area (Å²) in [6.45, 7) is 3.06. The van der Waals surface area contributed by atoms with Gasteiger partial charge in [0.1, 0.15) is 5.69 Å². The van der Waals surface area contributed by atoms with Crippen LogP contribution in [0.25, 0.3) is 0 Å². The van der Waals surface area contributed by atoms with Gasteiger partial charge in [-0.05, 0) is 5.56 Å². The van der Waals surface area contributed by atoms with Crippen molar-refractivity contribution >= 4 is 11.8 Å². The van der Waals surface area contributed by atoms with E-state index in [1.165, 1.54) is 12.4 Å². The Morgan fingerprint density at radius 1 is 1.13 bits per heavy atom. The molecular formula is C17H18N4O2. The Labute approximate surface area is 134 Å². The topological polar surface area (TPSA) is 66.4 Å². The van der Waals surface area contributed by atoms with Crippen molar-refractivity contribution in [2.24, 2.45) is 0 Å². The van der Waals surface area contributed by atoms with Gasteiger partial charge in [-0.15, -0.1) is 0 Å². The van der Waals surface area contributed by atoms with E-state index >= 15 is 0 Å². The molecule has 6 nitrogen and oxygen atoms in total. The first kappa shape index (κ1) is 15.1. The molecule has 0 unspecified atom stereocenters. The molecule has 0 spiro atoms. The first-order valence-corrected chi connectivity index (χ1v) is 7.54. The summed E-state index contributed by atoms with van der Waals surface area (Å²) in [7, 11) is 0. The van der Waals surface area contributed by atoms with Gasteiger partial charge in [-0.3, -0.25) is 14.6 Å². The zero-order valence-electron chi connectivity index (χ0n) is 12.9. The van der Waals surface area contributed by atoms with E-state index in [-0.39, 0.29) is 17.9 Å². The lowest BCUT2D eigenvalue weighted by atomic mass is 10.0. The number of aromatic nitrogens is 2. The van der Waals surface area contributed by atoms with E-state index in [9.17, 15) is 9.59 Å². The third-order valence-corrected chi connectivity index (χ3v) is 4.05. The van der Waals surface area contributed by atoms with Crippen LogP contribution in [0.15, 0.2) is 48.9 Å². The normalized spacial score (nSPS) is 17.9. The highest BCUT2D eigenvalue weighted by atomic mass is 16.2. The molecule has 1 atom stereocenters. The van der Waals surface area contributed by atoms with E-state index in [4.69, 9.17) is 0 Å². The minimum Gasteiger partial charge on any atom is -0.339 e. The molecule has 1 fully saturated rings. The van der Waals surface area contributed by atoms with Crippen molar-refractivity contribution in [1.82, 2.24) is 19.8 Å². The lowest BCUT2D eigenvalue weighted by Gasteiger charge is -2.41. The summed E-state index contributed by atoms with van der Waals surface area (Å²) in [6.07, 6.45) is 4.53. The van der Waals surface area contributed by atoms with Crippen molar-refractivity contribution in [3.63, 3.8) is 0 Å². The summed E-state index contributed by atoms with van der Waals surface area (Å²) in [6, 6.07) is 9.59. The number of nitrogens with zero attached hydrogens (tertiary/aromatic N) is 4. The van der Waals surface area contributed by atoms with Gasteiger partial charge in [0.05, 0.1) is 12.2 Å². The van der Waals surface area contributed by atoms with E-state index in [0.717, 1.165) is 5.56 Å². The minimum atomic E-state index is -0.177.